The Morgan fingerprint density at radius 2 is 2.19 bits per heavy atom. The van der Waals surface area contributed by atoms with Gasteiger partial charge in [-0.25, -0.2) is 0 Å². The number of halogens is 2. The molecule has 0 atom stereocenters. The lowest BCUT2D eigenvalue weighted by Gasteiger charge is -2.07. The van der Waals surface area contributed by atoms with Gasteiger partial charge in [-0.2, -0.15) is 0 Å². The van der Waals surface area contributed by atoms with Crippen LogP contribution in [-0.2, 0) is 6.61 Å². The Morgan fingerprint density at radius 3 is 2.94 bits per heavy atom. The first kappa shape index (κ1) is 11.4. The third-order valence-corrected chi connectivity index (χ3v) is 2.88. The average Bonchev–Trinajstić information content (AvgIpc) is 2.28. The number of aromatic nitrogens is 1. The number of nitrogens with zero attached hydrogens (tertiary/aromatic N) is 1. The molecule has 0 saturated carbocycles. The van der Waals surface area contributed by atoms with Crippen molar-refractivity contribution in [1.82, 2.24) is 4.98 Å². The molecule has 0 N–H and O–H groups in total. The van der Waals surface area contributed by atoms with Crippen LogP contribution in [0.15, 0.2) is 47.2 Å². The van der Waals surface area contributed by atoms with Crippen molar-refractivity contribution in [3.05, 3.63) is 57.8 Å². The maximum Gasteiger partial charge on any atom is 0.120 e. The zero-order valence-electron chi connectivity index (χ0n) is 8.36. The number of hydrogen-bond acceptors (Lipinski definition) is 2. The SMILES string of the molecule is Clc1cnccc1COc1cccc(Br)c1. The van der Waals surface area contributed by atoms with Crippen molar-refractivity contribution < 1.29 is 4.74 Å². The average molecular weight is 299 g/mol. The molecule has 0 aliphatic carbocycles. The predicted molar refractivity (Wildman–Crippen MR) is 67.7 cm³/mol. The van der Waals surface area contributed by atoms with Gasteiger partial charge in [-0.05, 0) is 24.3 Å². The van der Waals surface area contributed by atoms with Crippen molar-refractivity contribution in [3.8, 4) is 5.75 Å². The lowest BCUT2D eigenvalue weighted by molar-refractivity contribution is 0.306. The summed E-state index contributed by atoms with van der Waals surface area (Å²) >= 11 is 9.36. The predicted octanol–water partition coefficient (Wildman–Crippen LogP) is 4.08. The molecule has 0 amide bonds. The highest BCUT2D eigenvalue weighted by Gasteiger charge is 2.01. The van der Waals surface area contributed by atoms with Gasteiger partial charge in [-0.15, -0.1) is 0 Å². The van der Waals surface area contributed by atoms with Gasteiger partial charge in [0.2, 0.25) is 0 Å². The van der Waals surface area contributed by atoms with E-state index in [0.717, 1.165) is 15.8 Å². The molecule has 0 aliphatic heterocycles. The molecule has 82 valence electrons. The van der Waals surface area contributed by atoms with Gasteiger partial charge in [0.1, 0.15) is 12.4 Å². The van der Waals surface area contributed by atoms with Gasteiger partial charge >= 0.3 is 0 Å². The number of hydrogen-bond donors (Lipinski definition) is 0. The van der Waals surface area contributed by atoms with Crippen LogP contribution in [0.1, 0.15) is 5.56 Å². The Morgan fingerprint density at radius 1 is 1.31 bits per heavy atom. The van der Waals surface area contributed by atoms with Gasteiger partial charge in [-0.1, -0.05) is 33.6 Å². The summed E-state index contributed by atoms with van der Waals surface area (Å²) < 4.78 is 6.60. The van der Waals surface area contributed by atoms with E-state index in [-0.39, 0.29) is 0 Å². The normalized spacial score (nSPS) is 10.1. The zero-order valence-corrected chi connectivity index (χ0v) is 10.7. The summed E-state index contributed by atoms with van der Waals surface area (Å²) in [6, 6.07) is 9.54. The smallest absolute Gasteiger partial charge is 0.120 e. The van der Waals surface area contributed by atoms with Gasteiger partial charge in [0.25, 0.3) is 0 Å². The Hall–Kier alpha value is -1.06. The molecule has 0 spiro atoms. The molecular formula is C12H9BrClNO. The minimum absolute atomic E-state index is 0.442. The van der Waals surface area contributed by atoms with E-state index in [2.05, 4.69) is 20.9 Å². The fourth-order valence-electron chi connectivity index (χ4n) is 1.24. The van der Waals surface area contributed by atoms with E-state index < -0.39 is 0 Å². The van der Waals surface area contributed by atoms with Crippen LogP contribution in [0, 0.1) is 0 Å². The van der Waals surface area contributed by atoms with Gasteiger partial charge in [0.05, 0.1) is 5.02 Å². The Bertz CT molecular complexity index is 490. The van der Waals surface area contributed by atoms with Crippen molar-refractivity contribution in [2.45, 2.75) is 6.61 Å². The summed E-state index contributed by atoms with van der Waals surface area (Å²) in [5.41, 5.74) is 0.927. The number of pyridine rings is 1. The van der Waals surface area contributed by atoms with Gasteiger partial charge in [-0.3, -0.25) is 4.98 Å². The number of rotatable bonds is 3. The largest absolute Gasteiger partial charge is 0.489 e. The molecule has 0 unspecified atom stereocenters. The second kappa shape index (κ2) is 5.32. The molecule has 1 aromatic carbocycles. The molecule has 1 heterocycles. The fraction of sp³-hybridized carbons (Fsp3) is 0.0833. The van der Waals surface area contributed by atoms with Crippen molar-refractivity contribution >= 4 is 27.5 Å². The third kappa shape index (κ3) is 2.97. The second-order valence-electron chi connectivity index (χ2n) is 3.21. The highest BCUT2D eigenvalue weighted by atomic mass is 79.9. The van der Waals surface area contributed by atoms with E-state index in [0.29, 0.717) is 11.6 Å². The molecule has 0 fully saturated rings. The highest BCUT2D eigenvalue weighted by Crippen LogP contribution is 2.20. The summed E-state index contributed by atoms with van der Waals surface area (Å²) in [4.78, 5) is 3.92. The van der Waals surface area contributed by atoms with Crippen LogP contribution in [0.3, 0.4) is 0 Å². The summed E-state index contributed by atoms with van der Waals surface area (Å²) in [5.74, 6) is 0.808. The third-order valence-electron chi connectivity index (χ3n) is 2.05. The lowest BCUT2D eigenvalue weighted by atomic mass is 10.3. The summed E-state index contributed by atoms with van der Waals surface area (Å²) in [6.07, 6.45) is 3.31. The maximum atomic E-state index is 5.97. The minimum Gasteiger partial charge on any atom is -0.489 e. The standard InChI is InChI=1S/C12H9BrClNO/c13-10-2-1-3-11(6-10)16-8-9-4-5-15-7-12(9)14/h1-7H,8H2. The van der Waals surface area contributed by atoms with E-state index in [1.807, 2.05) is 30.3 Å². The van der Waals surface area contributed by atoms with Crippen LogP contribution in [0.2, 0.25) is 5.02 Å². The summed E-state index contributed by atoms with van der Waals surface area (Å²) in [7, 11) is 0. The van der Waals surface area contributed by atoms with Crippen LogP contribution < -0.4 is 4.74 Å². The van der Waals surface area contributed by atoms with E-state index in [1.54, 1.807) is 12.4 Å². The fourth-order valence-corrected chi connectivity index (χ4v) is 1.79. The quantitative estimate of drug-likeness (QED) is 0.852. The van der Waals surface area contributed by atoms with E-state index in [4.69, 9.17) is 16.3 Å². The Balaban J connectivity index is 2.05. The molecule has 0 saturated heterocycles. The molecule has 2 nitrogen and oxygen atoms in total. The Labute approximate surface area is 107 Å². The topological polar surface area (TPSA) is 22.1 Å². The Kier molecular flexibility index (Phi) is 3.80. The van der Waals surface area contributed by atoms with E-state index >= 15 is 0 Å². The zero-order chi connectivity index (χ0) is 11.4. The first-order valence-electron chi connectivity index (χ1n) is 4.72. The van der Waals surface area contributed by atoms with Crippen LogP contribution in [0.5, 0.6) is 5.75 Å². The number of benzene rings is 1. The molecule has 0 bridgehead atoms. The van der Waals surface area contributed by atoms with E-state index in [9.17, 15) is 0 Å². The first-order valence-corrected chi connectivity index (χ1v) is 5.89. The minimum atomic E-state index is 0.442. The van der Waals surface area contributed by atoms with Crippen LogP contribution in [0.25, 0.3) is 0 Å². The lowest BCUT2D eigenvalue weighted by Crippen LogP contribution is -1.96. The molecule has 0 radical (unpaired) electrons. The van der Waals surface area contributed by atoms with E-state index in [1.165, 1.54) is 0 Å². The van der Waals surface area contributed by atoms with Crippen LogP contribution in [0.4, 0.5) is 0 Å². The van der Waals surface area contributed by atoms with Crippen LogP contribution in [-0.4, -0.2) is 4.98 Å². The van der Waals surface area contributed by atoms with Crippen LogP contribution >= 0.6 is 27.5 Å². The molecule has 4 heteroatoms. The van der Waals surface area contributed by atoms with Gasteiger partial charge in [0, 0.05) is 22.4 Å². The molecule has 2 aromatic rings. The molecule has 1 aromatic heterocycles. The van der Waals surface area contributed by atoms with Crippen molar-refractivity contribution in [2.75, 3.05) is 0 Å². The summed E-state index contributed by atoms with van der Waals surface area (Å²) in [5, 5.41) is 0.623. The monoisotopic (exact) mass is 297 g/mol. The number of ether oxygens (including phenoxy) is 1. The summed E-state index contributed by atoms with van der Waals surface area (Å²) in [6.45, 7) is 0.442. The van der Waals surface area contributed by atoms with Gasteiger partial charge in [0.15, 0.2) is 0 Å². The second-order valence-corrected chi connectivity index (χ2v) is 4.54. The van der Waals surface area contributed by atoms with Crippen molar-refractivity contribution in [3.63, 3.8) is 0 Å². The van der Waals surface area contributed by atoms with Crippen molar-refractivity contribution in [1.29, 1.82) is 0 Å². The molecular weight excluding hydrogens is 289 g/mol. The van der Waals surface area contributed by atoms with Crippen molar-refractivity contribution in [2.24, 2.45) is 0 Å². The molecule has 16 heavy (non-hydrogen) atoms. The molecule has 2 rings (SSSR count). The highest BCUT2D eigenvalue weighted by molar-refractivity contribution is 9.10. The molecule has 0 aliphatic rings. The first-order chi connectivity index (χ1) is 7.75. The maximum absolute atomic E-state index is 5.97. The van der Waals surface area contributed by atoms with Gasteiger partial charge < -0.3 is 4.74 Å².